The fraction of sp³-hybridized carbons (Fsp3) is 0.368. The zero-order valence-corrected chi connectivity index (χ0v) is 15.8. The van der Waals surface area contributed by atoms with Crippen LogP contribution < -0.4 is 11.1 Å². The number of amides is 3. The van der Waals surface area contributed by atoms with Crippen LogP contribution in [-0.2, 0) is 4.79 Å². The molecule has 0 saturated carbocycles. The van der Waals surface area contributed by atoms with Gasteiger partial charge in [-0.1, -0.05) is 22.9 Å². The summed E-state index contributed by atoms with van der Waals surface area (Å²) >= 11 is 0. The van der Waals surface area contributed by atoms with E-state index in [1.54, 1.807) is 25.1 Å². The van der Waals surface area contributed by atoms with Gasteiger partial charge in [-0.2, -0.15) is 0 Å². The molecule has 1 fully saturated rings. The van der Waals surface area contributed by atoms with Gasteiger partial charge in [0.25, 0.3) is 17.7 Å². The van der Waals surface area contributed by atoms with Crippen molar-refractivity contribution in [3.8, 4) is 0 Å². The summed E-state index contributed by atoms with van der Waals surface area (Å²) < 4.78 is 4.97. The molecule has 3 N–H and O–H groups in total. The number of nitrogens with zero attached hydrogens (tertiary/aromatic N) is 3. The number of aromatic nitrogens is 1. The smallest absolute Gasteiger partial charge is 0.278 e. The summed E-state index contributed by atoms with van der Waals surface area (Å²) in [5.41, 5.74) is 6.96. The van der Waals surface area contributed by atoms with Gasteiger partial charge in [0.1, 0.15) is 5.76 Å². The summed E-state index contributed by atoms with van der Waals surface area (Å²) in [5.74, 6) is -0.760. The third kappa shape index (κ3) is 3.89. The number of nitrogens with two attached hydrogens (primary N) is 1. The van der Waals surface area contributed by atoms with Gasteiger partial charge in [-0.25, -0.2) is 0 Å². The number of hydrogen-bond acceptors (Lipinski definition) is 6. The van der Waals surface area contributed by atoms with Crippen LogP contribution in [0, 0.1) is 13.8 Å². The minimum atomic E-state index is -1.08. The van der Waals surface area contributed by atoms with Gasteiger partial charge in [-0.3, -0.25) is 14.4 Å². The topological polar surface area (TPSA) is 122 Å². The highest BCUT2D eigenvalue weighted by molar-refractivity contribution is 6.01. The van der Waals surface area contributed by atoms with Gasteiger partial charge in [0, 0.05) is 37.8 Å². The summed E-state index contributed by atoms with van der Waals surface area (Å²) in [6, 6.07) is 8.61. The molecule has 28 heavy (non-hydrogen) atoms. The lowest BCUT2D eigenvalue weighted by Crippen LogP contribution is -2.54. The predicted octanol–water partition coefficient (Wildman–Crippen LogP) is 0.291. The highest BCUT2D eigenvalue weighted by Crippen LogP contribution is 2.21. The second kappa shape index (κ2) is 8.22. The summed E-state index contributed by atoms with van der Waals surface area (Å²) in [7, 11) is 0. The molecule has 1 saturated heterocycles. The Labute approximate surface area is 162 Å². The van der Waals surface area contributed by atoms with Gasteiger partial charge in [0.2, 0.25) is 0 Å². The number of hydrogen-bond donors (Lipinski definition) is 2. The minimum absolute atomic E-state index is 0.0963. The van der Waals surface area contributed by atoms with Crippen LogP contribution in [0.15, 0.2) is 34.9 Å². The molecule has 1 aromatic heterocycles. The first kappa shape index (κ1) is 19.6. The molecule has 0 aliphatic carbocycles. The first-order valence-corrected chi connectivity index (χ1v) is 9.02. The number of aryl methyl sites for hydroxylation is 2. The molecular weight excluding hydrogens is 362 g/mol. The van der Waals surface area contributed by atoms with E-state index in [1.807, 2.05) is 13.0 Å². The maximum Gasteiger partial charge on any atom is 0.278 e. The summed E-state index contributed by atoms with van der Waals surface area (Å²) in [6.45, 7) is 4.49. The van der Waals surface area contributed by atoms with Gasteiger partial charge < -0.3 is 25.4 Å². The molecule has 2 heterocycles. The lowest BCUT2D eigenvalue weighted by molar-refractivity contribution is -0.128. The Kier molecular flexibility index (Phi) is 5.74. The Morgan fingerprint density at radius 3 is 2.50 bits per heavy atom. The van der Waals surface area contributed by atoms with E-state index in [2.05, 4.69) is 10.5 Å². The fourth-order valence-corrected chi connectivity index (χ4v) is 3.18. The van der Waals surface area contributed by atoms with E-state index in [4.69, 9.17) is 10.3 Å². The van der Waals surface area contributed by atoms with E-state index in [0.717, 1.165) is 5.56 Å². The van der Waals surface area contributed by atoms with Crippen LogP contribution in [-0.4, -0.2) is 65.0 Å². The maximum absolute atomic E-state index is 13.0. The zero-order valence-electron chi connectivity index (χ0n) is 15.8. The van der Waals surface area contributed by atoms with Gasteiger partial charge in [-0.05, 0) is 26.0 Å². The van der Waals surface area contributed by atoms with Crippen molar-refractivity contribution in [2.75, 3.05) is 26.2 Å². The molecule has 1 aromatic carbocycles. The average molecular weight is 385 g/mol. The molecule has 0 bridgehead atoms. The van der Waals surface area contributed by atoms with E-state index in [9.17, 15) is 14.4 Å². The first-order valence-electron chi connectivity index (χ1n) is 9.02. The number of benzene rings is 1. The fourth-order valence-electron chi connectivity index (χ4n) is 3.18. The third-order valence-electron chi connectivity index (χ3n) is 4.48. The quantitative estimate of drug-likeness (QED) is 0.763. The number of nitrogens with one attached hydrogen (secondary N) is 1. The molecule has 1 atom stereocenters. The van der Waals surface area contributed by atoms with E-state index < -0.39 is 18.0 Å². The Morgan fingerprint density at radius 2 is 1.89 bits per heavy atom. The van der Waals surface area contributed by atoms with E-state index in [1.165, 1.54) is 15.9 Å². The molecule has 1 aliphatic heterocycles. The number of carbonyl (C=O) groups excluding carboxylic acids is 3. The molecule has 0 radical (unpaired) electrons. The molecule has 1 aliphatic rings. The zero-order chi connectivity index (χ0) is 20.3. The number of rotatable bonds is 5. The van der Waals surface area contributed by atoms with Crippen LogP contribution in [0.4, 0.5) is 0 Å². The first-order chi connectivity index (χ1) is 13.4. The van der Waals surface area contributed by atoms with Crippen molar-refractivity contribution in [3.63, 3.8) is 0 Å². The average Bonchev–Trinajstić information content (AvgIpc) is 3.31. The highest BCUT2D eigenvalue weighted by atomic mass is 16.5. The maximum atomic E-state index is 13.0. The molecular formula is C19H23N5O4. The largest absolute Gasteiger partial charge is 0.361 e. The molecule has 0 spiro atoms. The molecule has 2 aromatic rings. The monoisotopic (exact) mass is 385 g/mol. The SMILES string of the molecule is Cc1cccc(C(=O)N2CCN(C(=O)c3cc(C)on3)C2C(=O)NCCN)c1. The molecule has 3 amide bonds. The standard InChI is InChI=1S/C19H23N5O4/c1-12-4-3-5-14(10-12)18(26)23-8-9-24(17(23)16(25)21-7-6-20)19(27)15-11-13(2)28-22-15/h3-5,10-11,17H,6-9,20H2,1-2H3,(H,21,25). The Bertz CT molecular complexity index is 894. The third-order valence-corrected chi connectivity index (χ3v) is 4.48. The predicted molar refractivity (Wildman–Crippen MR) is 100 cm³/mol. The summed E-state index contributed by atoms with van der Waals surface area (Å²) in [5, 5.41) is 6.40. The molecule has 3 rings (SSSR count). The Balaban J connectivity index is 1.90. The second-order valence-corrected chi connectivity index (χ2v) is 6.64. The summed E-state index contributed by atoms with van der Waals surface area (Å²) in [4.78, 5) is 41.4. The minimum Gasteiger partial charge on any atom is -0.361 e. The highest BCUT2D eigenvalue weighted by Gasteiger charge is 2.43. The van der Waals surface area contributed by atoms with Gasteiger partial charge >= 0.3 is 0 Å². The lowest BCUT2D eigenvalue weighted by Gasteiger charge is -2.28. The van der Waals surface area contributed by atoms with Crippen LogP contribution >= 0.6 is 0 Å². The molecule has 9 nitrogen and oxygen atoms in total. The van der Waals surface area contributed by atoms with E-state index in [-0.39, 0.29) is 37.8 Å². The van der Waals surface area contributed by atoms with Crippen molar-refractivity contribution in [3.05, 3.63) is 52.9 Å². The van der Waals surface area contributed by atoms with Gasteiger partial charge in [-0.15, -0.1) is 0 Å². The van der Waals surface area contributed by atoms with E-state index in [0.29, 0.717) is 11.3 Å². The van der Waals surface area contributed by atoms with Gasteiger partial charge in [0.15, 0.2) is 11.9 Å². The van der Waals surface area contributed by atoms with Crippen molar-refractivity contribution < 1.29 is 18.9 Å². The normalized spacial score (nSPS) is 16.3. The number of carbonyl (C=O) groups is 3. The second-order valence-electron chi connectivity index (χ2n) is 6.64. The Morgan fingerprint density at radius 1 is 1.18 bits per heavy atom. The van der Waals surface area contributed by atoms with Crippen LogP contribution in [0.1, 0.15) is 32.2 Å². The summed E-state index contributed by atoms with van der Waals surface area (Å²) in [6.07, 6.45) is -1.08. The molecule has 148 valence electrons. The van der Waals surface area contributed by atoms with Crippen LogP contribution in [0.2, 0.25) is 0 Å². The van der Waals surface area contributed by atoms with Crippen molar-refractivity contribution in [2.24, 2.45) is 5.73 Å². The van der Waals surface area contributed by atoms with Crippen LogP contribution in [0.3, 0.4) is 0 Å². The van der Waals surface area contributed by atoms with Gasteiger partial charge in [0.05, 0.1) is 0 Å². The Hall–Kier alpha value is -3.20. The van der Waals surface area contributed by atoms with E-state index >= 15 is 0 Å². The van der Waals surface area contributed by atoms with Crippen molar-refractivity contribution in [2.45, 2.75) is 20.0 Å². The van der Waals surface area contributed by atoms with Crippen molar-refractivity contribution in [1.82, 2.24) is 20.3 Å². The van der Waals surface area contributed by atoms with Crippen LogP contribution in [0.5, 0.6) is 0 Å². The van der Waals surface area contributed by atoms with Crippen LogP contribution in [0.25, 0.3) is 0 Å². The van der Waals surface area contributed by atoms with Crippen molar-refractivity contribution in [1.29, 1.82) is 0 Å². The molecule has 1 unspecified atom stereocenters. The lowest BCUT2D eigenvalue weighted by atomic mass is 10.1. The molecule has 9 heteroatoms. The van der Waals surface area contributed by atoms with Crippen molar-refractivity contribution >= 4 is 17.7 Å².